The minimum absolute atomic E-state index is 0.936. The summed E-state index contributed by atoms with van der Waals surface area (Å²) in [4.78, 5) is 3.44. The van der Waals surface area contributed by atoms with E-state index in [1.54, 1.807) is 0 Å². The normalized spacial score (nSPS) is 10.8. The second-order valence-electron chi connectivity index (χ2n) is 4.93. The lowest BCUT2D eigenvalue weighted by Crippen LogP contribution is -1.89. The van der Waals surface area contributed by atoms with Crippen molar-refractivity contribution in [3.63, 3.8) is 0 Å². The first-order valence-electron chi connectivity index (χ1n) is 6.55. The van der Waals surface area contributed by atoms with Crippen LogP contribution in [0, 0.1) is 6.92 Å². The minimum atomic E-state index is 0.936. The number of hydrogen-bond acceptors (Lipinski definition) is 0. The Morgan fingerprint density at radius 3 is 2.63 bits per heavy atom. The molecule has 3 rings (SSSR count). The zero-order chi connectivity index (χ0) is 13.2. The van der Waals surface area contributed by atoms with Crippen molar-refractivity contribution in [3.8, 4) is 0 Å². The minimum Gasteiger partial charge on any atom is -0.355 e. The molecule has 3 aromatic rings. The van der Waals surface area contributed by atoms with E-state index >= 15 is 0 Å². The molecule has 0 aliphatic heterocycles. The number of H-pyrrole nitrogens is 1. The molecule has 0 saturated carbocycles. The molecule has 0 amide bonds. The topological polar surface area (TPSA) is 15.8 Å². The van der Waals surface area contributed by atoms with E-state index in [9.17, 15) is 0 Å². The lowest BCUT2D eigenvalue weighted by Gasteiger charge is -2.03. The van der Waals surface area contributed by atoms with Crippen LogP contribution < -0.4 is 0 Å². The molecule has 0 bridgehead atoms. The number of aryl methyl sites for hydroxylation is 1. The maximum Gasteiger partial charge on any atom is 0.0461 e. The van der Waals surface area contributed by atoms with Crippen LogP contribution in [0.4, 0.5) is 0 Å². The Bertz CT molecular complexity index is 720. The molecule has 0 fully saturated rings. The molecule has 19 heavy (non-hydrogen) atoms. The number of rotatable bonds is 3. The first-order chi connectivity index (χ1) is 9.28. The summed E-state index contributed by atoms with van der Waals surface area (Å²) in [5.41, 5.74) is 6.26. The SMILES string of the molecule is C=Cc1[nH]c2ccc(C)cc2c1Cc1ccccc1. The van der Waals surface area contributed by atoms with Gasteiger partial charge < -0.3 is 4.98 Å². The molecule has 0 aliphatic carbocycles. The highest BCUT2D eigenvalue weighted by Crippen LogP contribution is 2.26. The second-order valence-corrected chi connectivity index (χ2v) is 4.93. The van der Waals surface area contributed by atoms with Crippen LogP contribution in [0.25, 0.3) is 17.0 Å². The van der Waals surface area contributed by atoms with Gasteiger partial charge in [0.25, 0.3) is 0 Å². The molecule has 0 saturated heterocycles. The van der Waals surface area contributed by atoms with Crippen LogP contribution >= 0.6 is 0 Å². The van der Waals surface area contributed by atoms with Gasteiger partial charge in [-0.1, -0.05) is 48.5 Å². The number of fused-ring (bicyclic) bond motifs is 1. The van der Waals surface area contributed by atoms with E-state index in [-0.39, 0.29) is 0 Å². The molecular weight excluding hydrogens is 230 g/mol. The van der Waals surface area contributed by atoms with Crippen molar-refractivity contribution in [2.45, 2.75) is 13.3 Å². The van der Waals surface area contributed by atoms with Crippen molar-refractivity contribution < 1.29 is 0 Å². The predicted octanol–water partition coefficient (Wildman–Crippen LogP) is 4.71. The fraction of sp³-hybridized carbons (Fsp3) is 0.111. The Hall–Kier alpha value is -2.28. The summed E-state index contributed by atoms with van der Waals surface area (Å²) in [5, 5.41) is 1.30. The van der Waals surface area contributed by atoms with Gasteiger partial charge in [0.2, 0.25) is 0 Å². The Balaban J connectivity index is 2.15. The molecule has 2 aromatic carbocycles. The fourth-order valence-electron chi connectivity index (χ4n) is 2.55. The Morgan fingerprint density at radius 2 is 1.89 bits per heavy atom. The number of nitrogens with one attached hydrogen (secondary N) is 1. The van der Waals surface area contributed by atoms with E-state index in [0.29, 0.717) is 0 Å². The van der Waals surface area contributed by atoms with Crippen LogP contribution in [0.5, 0.6) is 0 Å². The molecule has 0 spiro atoms. The lowest BCUT2D eigenvalue weighted by molar-refractivity contribution is 1.19. The van der Waals surface area contributed by atoms with Crippen LogP contribution in [-0.4, -0.2) is 4.98 Å². The van der Waals surface area contributed by atoms with E-state index in [4.69, 9.17) is 0 Å². The van der Waals surface area contributed by atoms with Crippen molar-refractivity contribution in [2.24, 2.45) is 0 Å². The standard InChI is InChI=1S/C18H17N/c1-3-17-16(12-14-7-5-4-6-8-14)15-11-13(2)9-10-18(15)19-17/h3-11,19H,1,12H2,2H3. The van der Waals surface area contributed by atoms with Gasteiger partial charge in [-0.25, -0.2) is 0 Å². The summed E-state index contributed by atoms with van der Waals surface area (Å²) >= 11 is 0. The van der Waals surface area contributed by atoms with E-state index in [2.05, 4.69) is 67.0 Å². The highest BCUT2D eigenvalue weighted by molar-refractivity contribution is 5.88. The zero-order valence-electron chi connectivity index (χ0n) is 11.1. The molecule has 1 aromatic heterocycles. The van der Waals surface area contributed by atoms with Gasteiger partial charge in [-0.05, 0) is 36.3 Å². The zero-order valence-corrected chi connectivity index (χ0v) is 11.1. The summed E-state index contributed by atoms with van der Waals surface area (Å²) in [6.07, 6.45) is 2.85. The van der Waals surface area contributed by atoms with Crippen LogP contribution in [0.2, 0.25) is 0 Å². The second kappa shape index (κ2) is 4.77. The third-order valence-electron chi connectivity index (χ3n) is 3.52. The Kier molecular flexibility index (Phi) is 2.96. The number of aromatic amines is 1. The molecule has 1 N–H and O–H groups in total. The summed E-state index contributed by atoms with van der Waals surface area (Å²) in [6, 6.07) is 17.1. The maximum atomic E-state index is 3.92. The summed E-state index contributed by atoms with van der Waals surface area (Å²) in [7, 11) is 0. The molecular formula is C18H17N. The van der Waals surface area contributed by atoms with E-state index in [0.717, 1.165) is 12.1 Å². The van der Waals surface area contributed by atoms with E-state index < -0.39 is 0 Å². The summed E-state index contributed by atoms with van der Waals surface area (Å²) < 4.78 is 0. The first kappa shape index (κ1) is 11.8. The summed E-state index contributed by atoms with van der Waals surface area (Å²) in [5.74, 6) is 0. The number of aromatic nitrogens is 1. The van der Waals surface area contributed by atoms with Gasteiger partial charge in [0, 0.05) is 23.0 Å². The van der Waals surface area contributed by atoms with Crippen LogP contribution in [0.15, 0.2) is 55.1 Å². The van der Waals surface area contributed by atoms with Crippen LogP contribution in [0.1, 0.15) is 22.4 Å². The smallest absolute Gasteiger partial charge is 0.0461 e. The number of benzene rings is 2. The molecule has 1 nitrogen and oxygen atoms in total. The van der Waals surface area contributed by atoms with Crippen LogP contribution in [0.3, 0.4) is 0 Å². The van der Waals surface area contributed by atoms with E-state index in [1.165, 1.54) is 27.6 Å². The summed E-state index contributed by atoms with van der Waals surface area (Å²) in [6.45, 7) is 6.05. The van der Waals surface area contributed by atoms with Gasteiger partial charge in [-0.15, -0.1) is 0 Å². The maximum absolute atomic E-state index is 3.92. The molecule has 0 aliphatic rings. The average Bonchev–Trinajstić information content (AvgIpc) is 2.78. The van der Waals surface area contributed by atoms with Gasteiger partial charge in [0.1, 0.15) is 0 Å². The van der Waals surface area contributed by atoms with Gasteiger partial charge in [0.15, 0.2) is 0 Å². The quantitative estimate of drug-likeness (QED) is 0.690. The van der Waals surface area contributed by atoms with Crippen molar-refractivity contribution in [1.29, 1.82) is 0 Å². The molecule has 0 unspecified atom stereocenters. The van der Waals surface area contributed by atoms with Gasteiger partial charge in [-0.2, -0.15) is 0 Å². The fourth-order valence-corrected chi connectivity index (χ4v) is 2.55. The average molecular weight is 247 g/mol. The number of hydrogen-bond donors (Lipinski definition) is 1. The highest BCUT2D eigenvalue weighted by Gasteiger charge is 2.09. The van der Waals surface area contributed by atoms with Crippen LogP contribution in [-0.2, 0) is 6.42 Å². The Morgan fingerprint density at radius 1 is 1.11 bits per heavy atom. The molecule has 1 heteroatoms. The first-order valence-corrected chi connectivity index (χ1v) is 6.55. The van der Waals surface area contributed by atoms with Gasteiger partial charge in [0.05, 0.1) is 0 Å². The third kappa shape index (κ3) is 2.19. The van der Waals surface area contributed by atoms with E-state index in [1.807, 2.05) is 6.08 Å². The van der Waals surface area contributed by atoms with Gasteiger partial charge in [-0.3, -0.25) is 0 Å². The van der Waals surface area contributed by atoms with Crippen molar-refractivity contribution in [2.75, 3.05) is 0 Å². The molecule has 0 radical (unpaired) electrons. The highest BCUT2D eigenvalue weighted by atomic mass is 14.7. The molecule has 0 atom stereocenters. The van der Waals surface area contributed by atoms with Crippen molar-refractivity contribution in [3.05, 3.63) is 77.5 Å². The van der Waals surface area contributed by atoms with Gasteiger partial charge >= 0.3 is 0 Å². The van der Waals surface area contributed by atoms with Crippen molar-refractivity contribution >= 4 is 17.0 Å². The van der Waals surface area contributed by atoms with Crippen molar-refractivity contribution in [1.82, 2.24) is 4.98 Å². The third-order valence-corrected chi connectivity index (χ3v) is 3.52. The predicted molar refractivity (Wildman–Crippen MR) is 82.4 cm³/mol. The molecule has 94 valence electrons. The largest absolute Gasteiger partial charge is 0.355 e. The lowest BCUT2D eigenvalue weighted by atomic mass is 10.0. The Labute approximate surface area is 113 Å². The monoisotopic (exact) mass is 247 g/mol. The molecule has 1 heterocycles.